The highest BCUT2D eigenvalue weighted by atomic mass is 16.6. The Kier molecular flexibility index (Phi) is 8.96. The van der Waals surface area contributed by atoms with Crippen LogP contribution >= 0.6 is 0 Å². The van der Waals surface area contributed by atoms with E-state index in [2.05, 4.69) is 4.90 Å². The molecule has 40 heavy (non-hydrogen) atoms. The number of rotatable bonds is 11. The molecule has 1 N–H and O–H groups in total. The van der Waals surface area contributed by atoms with E-state index < -0.39 is 22.7 Å². The number of ketones is 1. The summed E-state index contributed by atoms with van der Waals surface area (Å²) in [7, 11) is 0. The van der Waals surface area contributed by atoms with E-state index in [-0.39, 0.29) is 23.6 Å². The van der Waals surface area contributed by atoms with Crippen LogP contribution in [0.4, 0.5) is 5.69 Å². The van der Waals surface area contributed by atoms with Crippen molar-refractivity contribution in [2.24, 2.45) is 0 Å². The number of ether oxygens (including phenoxy) is 1. The maximum Gasteiger partial charge on any atom is 0.295 e. The third kappa shape index (κ3) is 6.05. The number of nitrogens with zero attached hydrogens (tertiary/aromatic N) is 3. The summed E-state index contributed by atoms with van der Waals surface area (Å²) >= 11 is 0. The minimum atomic E-state index is -0.884. The first kappa shape index (κ1) is 28.5. The number of non-ortho nitro benzene ring substituents is 1. The Bertz CT molecular complexity index is 1410. The number of carbonyl (C=O) groups excluding carboxylic acids is 2. The SMILES string of the molecule is CCN(CC)CCN1C(=O)C(=O)/C(=C(/O)c2ccc(OCc3ccccc3)c(C)c2)C1c1ccc([N+](=O)[O-])cc1. The molecule has 1 aliphatic heterocycles. The maximum atomic E-state index is 13.3. The lowest BCUT2D eigenvalue weighted by Gasteiger charge is -2.28. The molecular weight excluding hydrogens is 510 g/mol. The normalized spacial score (nSPS) is 16.5. The van der Waals surface area contributed by atoms with Gasteiger partial charge in [0.05, 0.1) is 16.5 Å². The number of Topliss-reactive ketones (excluding diaryl/α,β-unsaturated/α-hetero) is 1. The lowest BCUT2D eigenvalue weighted by molar-refractivity contribution is -0.384. The predicted octanol–water partition coefficient (Wildman–Crippen LogP) is 5.25. The van der Waals surface area contributed by atoms with Gasteiger partial charge in [0.25, 0.3) is 17.4 Å². The largest absolute Gasteiger partial charge is 0.507 e. The number of likely N-dealkylation sites (tertiary alicyclic amines) is 1. The number of amides is 1. The topological polar surface area (TPSA) is 113 Å². The van der Waals surface area contributed by atoms with Crippen molar-refractivity contribution in [1.82, 2.24) is 9.80 Å². The van der Waals surface area contributed by atoms with Crippen molar-refractivity contribution >= 4 is 23.1 Å². The van der Waals surface area contributed by atoms with E-state index in [0.717, 1.165) is 24.2 Å². The third-order valence-electron chi connectivity index (χ3n) is 7.20. The van der Waals surface area contributed by atoms with Crippen molar-refractivity contribution in [2.75, 3.05) is 26.2 Å². The number of likely N-dealkylation sites (N-methyl/N-ethyl adjacent to an activating group) is 1. The Hall–Kier alpha value is -4.50. The summed E-state index contributed by atoms with van der Waals surface area (Å²) < 4.78 is 5.95. The summed E-state index contributed by atoms with van der Waals surface area (Å²) in [6.07, 6.45) is 0. The Morgan fingerprint density at radius 1 is 1.02 bits per heavy atom. The van der Waals surface area contributed by atoms with Crippen molar-refractivity contribution < 1.29 is 24.4 Å². The number of aliphatic hydroxyl groups is 1. The van der Waals surface area contributed by atoms with Gasteiger partial charge in [0.2, 0.25) is 0 Å². The molecule has 9 heteroatoms. The minimum Gasteiger partial charge on any atom is -0.507 e. The van der Waals surface area contributed by atoms with Gasteiger partial charge >= 0.3 is 0 Å². The second-order valence-corrected chi connectivity index (χ2v) is 9.62. The monoisotopic (exact) mass is 543 g/mol. The van der Waals surface area contributed by atoms with Gasteiger partial charge in [-0.1, -0.05) is 44.2 Å². The molecule has 1 fully saturated rings. The van der Waals surface area contributed by atoms with Crippen LogP contribution in [0.3, 0.4) is 0 Å². The van der Waals surface area contributed by atoms with Crippen molar-refractivity contribution in [3.63, 3.8) is 0 Å². The van der Waals surface area contributed by atoms with Crippen LogP contribution in [0.25, 0.3) is 5.76 Å². The zero-order chi connectivity index (χ0) is 28.8. The average Bonchev–Trinajstić information content (AvgIpc) is 3.22. The summed E-state index contributed by atoms with van der Waals surface area (Å²) in [4.78, 5) is 40.8. The van der Waals surface area contributed by atoms with E-state index in [1.807, 2.05) is 51.1 Å². The molecule has 1 heterocycles. The summed E-state index contributed by atoms with van der Waals surface area (Å²) in [5.74, 6) is -1.17. The van der Waals surface area contributed by atoms with Crippen molar-refractivity contribution in [3.05, 3.63) is 111 Å². The summed E-state index contributed by atoms with van der Waals surface area (Å²) in [6.45, 7) is 8.60. The molecule has 1 aliphatic rings. The zero-order valence-electron chi connectivity index (χ0n) is 22.9. The number of carbonyl (C=O) groups is 2. The molecular formula is C31H33N3O6. The first-order chi connectivity index (χ1) is 19.2. The van der Waals surface area contributed by atoms with Crippen molar-refractivity contribution in [3.8, 4) is 5.75 Å². The van der Waals surface area contributed by atoms with Gasteiger partial charge in [0.15, 0.2) is 0 Å². The number of nitro groups is 1. The molecule has 0 radical (unpaired) electrons. The third-order valence-corrected chi connectivity index (χ3v) is 7.20. The molecule has 9 nitrogen and oxygen atoms in total. The molecule has 4 rings (SSSR count). The number of hydrogen-bond donors (Lipinski definition) is 1. The fourth-order valence-corrected chi connectivity index (χ4v) is 4.87. The average molecular weight is 544 g/mol. The molecule has 208 valence electrons. The summed E-state index contributed by atoms with van der Waals surface area (Å²) in [6, 6.07) is 19.7. The van der Waals surface area contributed by atoms with Gasteiger partial charge in [0.1, 0.15) is 18.1 Å². The van der Waals surface area contributed by atoms with Crippen molar-refractivity contribution in [1.29, 1.82) is 0 Å². The lowest BCUT2D eigenvalue weighted by atomic mass is 9.94. The van der Waals surface area contributed by atoms with E-state index in [4.69, 9.17) is 4.74 Å². The first-order valence-corrected chi connectivity index (χ1v) is 13.3. The van der Waals surface area contributed by atoms with E-state index in [9.17, 15) is 24.8 Å². The second-order valence-electron chi connectivity index (χ2n) is 9.62. The molecule has 3 aromatic carbocycles. The van der Waals surface area contributed by atoms with Crippen LogP contribution in [0.15, 0.2) is 78.4 Å². The Morgan fingerprint density at radius 2 is 1.70 bits per heavy atom. The van der Waals surface area contributed by atoms with Gasteiger partial charge in [-0.3, -0.25) is 19.7 Å². The molecule has 0 bridgehead atoms. The summed E-state index contributed by atoms with van der Waals surface area (Å²) in [5, 5.41) is 22.6. The van der Waals surface area contributed by atoms with Crippen LogP contribution in [0.2, 0.25) is 0 Å². The molecule has 1 unspecified atom stereocenters. The highest BCUT2D eigenvalue weighted by Crippen LogP contribution is 2.40. The molecule has 0 aliphatic carbocycles. The van der Waals surface area contributed by atoms with Crippen LogP contribution in [-0.4, -0.2) is 57.7 Å². The van der Waals surface area contributed by atoms with Crippen LogP contribution in [0, 0.1) is 17.0 Å². The predicted molar refractivity (Wildman–Crippen MR) is 152 cm³/mol. The smallest absolute Gasteiger partial charge is 0.295 e. The second kappa shape index (κ2) is 12.6. The van der Waals surface area contributed by atoms with Gasteiger partial charge in [-0.2, -0.15) is 0 Å². The zero-order valence-corrected chi connectivity index (χ0v) is 22.9. The highest BCUT2D eigenvalue weighted by Gasteiger charge is 2.46. The van der Waals surface area contributed by atoms with E-state index in [0.29, 0.717) is 30.0 Å². The number of benzene rings is 3. The van der Waals surface area contributed by atoms with Crippen LogP contribution in [0.5, 0.6) is 5.75 Å². The van der Waals surface area contributed by atoms with Crippen LogP contribution < -0.4 is 4.74 Å². The molecule has 1 saturated heterocycles. The fraction of sp³-hybridized carbons (Fsp3) is 0.290. The molecule has 0 spiro atoms. The fourth-order valence-electron chi connectivity index (χ4n) is 4.87. The highest BCUT2D eigenvalue weighted by molar-refractivity contribution is 6.46. The van der Waals surface area contributed by atoms with Crippen LogP contribution in [-0.2, 0) is 16.2 Å². The van der Waals surface area contributed by atoms with Gasteiger partial charge in [-0.25, -0.2) is 0 Å². The number of aliphatic hydroxyl groups excluding tert-OH is 1. The van der Waals surface area contributed by atoms with Gasteiger partial charge in [-0.15, -0.1) is 0 Å². The summed E-state index contributed by atoms with van der Waals surface area (Å²) in [5.41, 5.74) is 2.49. The Balaban J connectivity index is 1.70. The van der Waals surface area contributed by atoms with Gasteiger partial charge < -0.3 is 19.6 Å². The maximum absolute atomic E-state index is 13.3. The Labute approximate surface area is 233 Å². The first-order valence-electron chi connectivity index (χ1n) is 13.3. The van der Waals surface area contributed by atoms with E-state index in [1.165, 1.54) is 29.2 Å². The molecule has 3 aromatic rings. The van der Waals surface area contributed by atoms with Crippen molar-refractivity contribution in [2.45, 2.75) is 33.4 Å². The standard InChI is InChI=1S/C31H33N3O6/c1-4-32(5-2)17-18-33-28(23-11-14-25(15-12-23)34(38)39)27(30(36)31(33)37)29(35)24-13-16-26(21(3)19-24)40-20-22-9-7-6-8-10-22/h6-16,19,28,35H,4-5,17-18,20H2,1-3H3/b29-27+. The minimum absolute atomic E-state index is 0.0456. The Morgan fingerprint density at radius 3 is 2.30 bits per heavy atom. The lowest BCUT2D eigenvalue weighted by Crippen LogP contribution is -2.38. The number of hydrogen-bond acceptors (Lipinski definition) is 7. The van der Waals surface area contributed by atoms with E-state index in [1.54, 1.807) is 18.2 Å². The number of aryl methyl sites for hydroxylation is 1. The van der Waals surface area contributed by atoms with E-state index >= 15 is 0 Å². The van der Waals surface area contributed by atoms with Crippen LogP contribution in [0.1, 0.15) is 42.1 Å². The quantitative estimate of drug-likeness (QED) is 0.116. The number of nitro benzene ring substituents is 1. The van der Waals surface area contributed by atoms with Gasteiger partial charge in [-0.05, 0) is 67.0 Å². The molecule has 1 amide bonds. The molecule has 0 aromatic heterocycles. The molecule has 1 atom stereocenters. The van der Waals surface area contributed by atoms with Gasteiger partial charge in [0, 0.05) is 30.8 Å². The molecule has 0 saturated carbocycles.